The van der Waals surface area contributed by atoms with E-state index in [1.54, 1.807) is 7.11 Å². The van der Waals surface area contributed by atoms with E-state index < -0.39 is 0 Å². The Hall–Kier alpha value is -1.72. The van der Waals surface area contributed by atoms with Crippen molar-refractivity contribution >= 4 is 0 Å². The van der Waals surface area contributed by atoms with Gasteiger partial charge in [-0.15, -0.1) is 0 Å². The zero-order valence-electron chi connectivity index (χ0n) is 11.7. The minimum Gasteiger partial charge on any atom is -0.375 e. The number of aromatic nitrogens is 2. The Labute approximate surface area is 118 Å². The molecule has 3 rings (SSSR count). The molecule has 0 bridgehead atoms. The molecule has 20 heavy (non-hydrogen) atoms. The van der Waals surface area contributed by atoms with Gasteiger partial charge in [0.05, 0.1) is 6.54 Å². The van der Waals surface area contributed by atoms with Crippen LogP contribution >= 0.6 is 0 Å². The van der Waals surface area contributed by atoms with Gasteiger partial charge in [0.25, 0.3) is 5.89 Å². The normalized spacial score (nSPS) is 15.8. The summed E-state index contributed by atoms with van der Waals surface area (Å²) in [7, 11) is 1.62. The fourth-order valence-corrected chi connectivity index (χ4v) is 2.61. The smallest absolute Gasteiger partial charge is 0.252 e. The Balaban J connectivity index is 1.62. The van der Waals surface area contributed by atoms with Crippen molar-refractivity contribution in [3.05, 3.63) is 47.1 Å². The molecular formula is C15H19N3O2. The van der Waals surface area contributed by atoms with E-state index in [2.05, 4.69) is 39.3 Å². The lowest BCUT2D eigenvalue weighted by molar-refractivity contribution is 0.151. The molecule has 106 valence electrons. The maximum absolute atomic E-state index is 5.13. The molecule has 1 aromatic carbocycles. The van der Waals surface area contributed by atoms with Gasteiger partial charge >= 0.3 is 0 Å². The first-order valence-electron chi connectivity index (χ1n) is 6.94. The maximum Gasteiger partial charge on any atom is 0.252 e. The highest BCUT2D eigenvalue weighted by molar-refractivity contribution is 5.28. The zero-order chi connectivity index (χ0) is 13.8. The van der Waals surface area contributed by atoms with E-state index in [4.69, 9.17) is 9.26 Å². The fourth-order valence-electron chi connectivity index (χ4n) is 2.61. The highest BCUT2D eigenvalue weighted by Gasteiger charge is 2.16. The molecule has 0 amide bonds. The summed E-state index contributed by atoms with van der Waals surface area (Å²) in [6, 6.07) is 8.68. The summed E-state index contributed by atoms with van der Waals surface area (Å²) in [5.74, 6) is 1.28. The molecule has 1 aromatic heterocycles. The lowest BCUT2D eigenvalue weighted by Crippen LogP contribution is -2.26. The molecule has 5 nitrogen and oxygen atoms in total. The Morgan fingerprint density at radius 1 is 1.20 bits per heavy atom. The van der Waals surface area contributed by atoms with Gasteiger partial charge in [-0.2, -0.15) is 4.98 Å². The van der Waals surface area contributed by atoms with Gasteiger partial charge in [0.15, 0.2) is 5.82 Å². The third-order valence-corrected chi connectivity index (χ3v) is 3.66. The predicted molar refractivity (Wildman–Crippen MR) is 74.1 cm³/mol. The molecule has 0 N–H and O–H groups in total. The number of hydrogen-bond acceptors (Lipinski definition) is 5. The Kier molecular flexibility index (Phi) is 4.08. The van der Waals surface area contributed by atoms with E-state index in [0.717, 1.165) is 38.3 Å². The van der Waals surface area contributed by atoms with E-state index in [9.17, 15) is 0 Å². The molecule has 0 spiro atoms. The van der Waals surface area contributed by atoms with E-state index in [1.165, 1.54) is 11.1 Å². The van der Waals surface area contributed by atoms with E-state index in [0.29, 0.717) is 12.5 Å². The third-order valence-electron chi connectivity index (χ3n) is 3.66. The number of benzene rings is 1. The van der Waals surface area contributed by atoms with E-state index in [-0.39, 0.29) is 0 Å². The summed E-state index contributed by atoms with van der Waals surface area (Å²) in [5, 5.41) is 4.00. The highest BCUT2D eigenvalue weighted by Crippen LogP contribution is 2.16. The monoisotopic (exact) mass is 273 g/mol. The summed E-state index contributed by atoms with van der Waals surface area (Å²) >= 11 is 0. The number of rotatable bonds is 4. The maximum atomic E-state index is 5.13. The molecule has 0 atom stereocenters. The van der Waals surface area contributed by atoms with Gasteiger partial charge in [-0.25, -0.2) is 0 Å². The van der Waals surface area contributed by atoms with Crippen molar-refractivity contribution in [3.8, 4) is 0 Å². The van der Waals surface area contributed by atoms with Gasteiger partial charge in [-0.05, 0) is 24.0 Å². The van der Waals surface area contributed by atoms with Gasteiger partial charge in [0, 0.05) is 20.2 Å². The van der Waals surface area contributed by atoms with Gasteiger partial charge in [-0.3, -0.25) is 4.90 Å². The Morgan fingerprint density at radius 2 is 1.90 bits per heavy atom. The summed E-state index contributed by atoms with van der Waals surface area (Å²) in [6.07, 6.45) is 2.16. The van der Waals surface area contributed by atoms with Crippen molar-refractivity contribution in [1.29, 1.82) is 0 Å². The predicted octanol–water partition coefficient (Wildman–Crippen LogP) is 1.82. The zero-order valence-corrected chi connectivity index (χ0v) is 11.7. The molecule has 0 aliphatic carbocycles. The lowest BCUT2D eigenvalue weighted by Gasteiger charge is -2.17. The highest BCUT2D eigenvalue weighted by atomic mass is 16.5. The number of methoxy groups -OCH3 is 1. The van der Waals surface area contributed by atoms with Crippen LogP contribution < -0.4 is 0 Å². The van der Waals surface area contributed by atoms with Crippen LogP contribution in [0.4, 0.5) is 0 Å². The van der Waals surface area contributed by atoms with Gasteiger partial charge < -0.3 is 9.26 Å². The molecule has 0 unspecified atom stereocenters. The topological polar surface area (TPSA) is 51.4 Å². The molecule has 0 saturated heterocycles. The van der Waals surface area contributed by atoms with Crippen molar-refractivity contribution in [1.82, 2.24) is 15.0 Å². The quantitative estimate of drug-likeness (QED) is 0.850. The van der Waals surface area contributed by atoms with E-state index >= 15 is 0 Å². The van der Waals surface area contributed by atoms with Gasteiger partial charge in [0.2, 0.25) is 0 Å². The van der Waals surface area contributed by atoms with E-state index in [1.807, 2.05) is 0 Å². The molecular weight excluding hydrogens is 254 g/mol. The van der Waals surface area contributed by atoms with Crippen LogP contribution in [0.15, 0.2) is 28.8 Å². The second-order valence-corrected chi connectivity index (χ2v) is 5.08. The first-order chi connectivity index (χ1) is 9.85. The van der Waals surface area contributed by atoms with Crippen molar-refractivity contribution in [2.24, 2.45) is 0 Å². The number of nitrogens with zero attached hydrogens (tertiary/aromatic N) is 3. The second kappa shape index (κ2) is 6.15. The third kappa shape index (κ3) is 3.05. The van der Waals surface area contributed by atoms with Crippen LogP contribution in [0.3, 0.4) is 0 Å². The fraction of sp³-hybridized carbons (Fsp3) is 0.467. The van der Waals surface area contributed by atoms with Crippen molar-refractivity contribution < 1.29 is 9.26 Å². The van der Waals surface area contributed by atoms with Crippen LogP contribution in [0.2, 0.25) is 0 Å². The summed E-state index contributed by atoms with van der Waals surface area (Å²) in [5.41, 5.74) is 2.92. The van der Waals surface area contributed by atoms with Crippen LogP contribution in [0, 0.1) is 0 Å². The van der Waals surface area contributed by atoms with Gasteiger partial charge in [-0.1, -0.05) is 29.4 Å². The van der Waals surface area contributed by atoms with Crippen molar-refractivity contribution in [3.63, 3.8) is 0 Å². The molecule has 0 saturated carbocycles. The SMILES string of the molecule is COCc1nc(CN2CCc3ccccc3CC2)no1. The molecule has 1 aliphatic rings. The minimum atomic E-state index is 0.373. The minimum absolute atomic E-state index is 0.373. The first kappa shape index (κ1) is 13.3. The molecule has 0 fully saturated rings. The van der Waals surface area contributed by atoms with Crippen LogP contribution in [0.5, 0.6) is 0 Å². The largest absolute Gasteiger partial charge is 0.375 e. The first-order valence-corrected chi connectivity index (χ1v) is 6.94. The average molecular weight is 273 g/mol. The summed E-state index contributed by atoms with van der Waals surface area (Å²) in [4.78, 5) is 6.71. The van der Waals surface area contributed by atoms with Crippen molar-refractivity contribution in [2.45, 2.75) is 26.0 Å². The summed E-state index contributed by atoms with van der Waals surface area (Å²) in [6.45, 7) is 3.18. The summed E-state index contributed by atoms with van der Waals surface area (Å²) < 4.78 is 10.1. The second-order valence-electron chi connectivity index (χ2n) is 5.08. The van der Waals surface area contributed by atoms with Crippen LogP contribution in [0.25, 0.3) is 0 Å². The van der Waals surface area contributed by atoms with Crippen LogP contribution in [-0.2, 0) is 30.7 Å². The lowest BCUT2D eigenvalue weighted by atomic mass is 10.0. The molecule has 0 radical (unpaired) electrons. The van der Waals surface area contributed by atoms with Crippen LogP contribution in [0.1, 0.15) is 22.8 Å². The number of fused-ring (bicyclic) bond motifs is 1. The number of hydrogen-bond donors (Lipinski definition) is 0. The number of ether oxygens (including phenoxy) is 1. The molecule has 2 aromatic rings. The molecule has 1 aliphatic heterocycles. The Bertz CT molecular complexity index is 541. The molecule has 2 heterocycles. The average Bonchev–Trinajstić information content (AvgIpc) is 2.80. The molecule has 5 heteroatoms. The Morgan fingerprint density at radius 3 is 2.55 bits per heavy atom. The van der Waals surface area contributed by atoms with Gasteiger partial charge in [0.1, 0.15) is 6.61 Å². The van der Waals surface area contributed by atoms with Crippen molar-refractivity contribution in [2.75, 3.05) is 20.2 Å². The van der Waals surface area contributed by atoms with Crippen LogP contribution in [-0.4, -0.2) is 35.2 Å². The standard InChI is InChI=1S/C15H19N3O2/c1-19-11-15-16-14(17-20-15)10-18-8-6-12-4-2-3-5-13(12)7-9-18/h2-5H,6-11H2,1H3.